The van der Waals surface area contributed by atoms with E-state index < -0.39 is 0 Å². The van der Waals surface area contributed by atoms with Crippen LogP contribution in [0, 0.1) is 11.7 Å². The van der Waals surface area contributed by atoms with Crippen molar-refractivity contribution in [1.29, 1.82) is 0 Å². The fourth-order valence-corrected chi connectivity index (χ4v) is 2.97. The smallest absolute Gasteiger partial charge is 0.308 e. The maximum Gasteiger partial charge on any atom is 0.308 e. The van der Waals surface area contributed by atoms with Crippen LogP contribution in [0.5, 0.6) is 5.75 Å². The highest BCUT2D eigenvalue weighted by Gasteiger charge is 2.31. The van der Waals surface area contributed by atoms with Crippen molar-refractivity contribution < 1.29 is 23.2 Å². The summed E-state index contributed by atoms with van der Waals surface area (Å²) in [6, 6.07) is 5.73. The van der Waals surface area contributed by atoms with Crippen LogP contribution in [0.1, 0.15) is 43.3 Å². The van der Waals surface area contributed by atoms with Crippen LogP contribution >= 0.6 is 0 Å². The Kier molecular flexibility index (Phi) is 5.08. The van der Waals surface area contributed by atoms with Crippen molar-refractivity contribution in [1.82, 2.24) is 10.1 Å². The van der Waals surface area contributed by atoms with Gasteiger partial charge in [0.2, 0.25) is 11.7 Å². The number of hydrogen-bond donors (Lipinski definition) is 0. The molecule has 7 heteroatoms. The molecule has 1 aliphatic carbocycles. The Morgan fingerprint density at radius 2 is 2.12 bits per heavy atom. The minimum Gasteiger partial charge on any atom is -0.485 e. The van der Waals surface area contributed by atoms with Crippen molar-refractivity contribution >= 4 is 5.97 Å². The molecule has 0 saturated heterocycles. The average Bonchev–Trinajstić information content (AvgIpc) is 3.10. The van der Waals surface area contributed by atoms with E-state index in [1.165, 1.54) is 19.2 Å². The molecule has 2 atom stereocenters. The molecule has 1 aromatic heterocycles. The van der Waals surface area contributed by atoms with Gasteiger partial charge in [0.1, 0.15) is 11.6 Å². The predicted molar refractivity (Wildman–Crippen MR) is 81.7 cm³/mol. The summed E-state index contributed by atoms with van der Waals surface area (Å²) in [5.74, 6) is 0.942. The van der Waals surface area contributed by atoms with Crippen LogP contribution in [0.3, 0.4) is 0 Å². The van der Waals surface area contributed by atoms with Crippen molar-refractivity contribution in [2.75, 3.05) is 7.11 Å². The third-order valence-corrected chi connectivity index (χ3v) is 4.22. The Morgan fingerprint density at radius 3 is 2.88 bits per heavy atom. The molecule has 128 valence electrons. The van der Waals surface area contributed by atoms with Crippen molar-refractivity contribution in [3.63, 3.8) is 0 Å². The molecule has 2 unspecified atom stereocenters. The third-order valence-electron chi connectivity index (χ3n) is 4.22. The fraction of sp³-hybridized carbons (Fsp3) is 0.471. The molecule has 1 saturated carbocycles. The number of ether oxygens (including phenoxy) is 2. The number of methoxy groups -OCH3 is 1. The standard InChI is InChI=1S/C17H19FN2O4/c1-22-17(21)12-4-2-3-11(9-12)16-19-15(20-24-16)10-23-14-7-5-13(18)6-8-14/h5-8,11-12H,2-4,9-10H2,1H3. The van der Waals surface area contributed by atoms with Gasteiger partial charge in [0, 0.05) is 5.92 Å². The molecule has 1 heterocycles. The lowest BCUT2D eigenvalue weighted by Gasteiger charge is -2.24. The highest BCUT2D eigenvalue weighted by Crippen LogP contribution is 2.36. The molecule has 0 radical (unpaired) electrons. The minimum absolute atomic E-state index is 0.0647. The Hall–Kier alpha value is -2.44. The highest BCUT2D eigenvalue weighted by molar-refractivity contribution is 5.72. The molecule has 2 aromatic rings. The van der Waals surface area contributed by atoms with E-state index in [9.17, 15) is 9.18 Å². The van der Waals surface area contributed by atoms with Crippen molar-refractivity contribution in [3.05, 3.63) is 41.8 Å². The topological polar surface area (TPSA) is 74.5 Å². The molecular weight excluding hydrogens is 315 g/mol. The lowest BCUT2D eigenvalue weighted by atomic mass is 9.81. The number of halogens is 1. The van der Waals surface area contributed by atoms with Crippen LogP contribution in [-0.4, -0.2) is 23.2 Å². The van der Waals surface area contributed by atoms with E-state index in [0.29, 0.717) is 23.9 Å². The minimum atomic E-state index is -0.318. The lowest BCUT2D eigenvalue weighted by molar-refractivity contribution is -0.146. The normalized spacial score (nSPS) is 20.6. The lowest BCUT2D eigenvalue weighted by Crippen LogP contribution is -2.23. The summed E-state index contributed by atoms with van der Waals surface area (Å²) in [6.07, 6.45) is 3.33. The third kappa shape index (κ3) is 3.90. The monoisotopic (exact) mass is 334 g/mol. The number of carbonyl (C=O) groups is 1. The molecule has 0 N–H and O–H groups in total. The summed E-state index contributed by atoms with van der Waals surface area (Å²) < 4.78 is 28.5. The van der Waals surface area contributed by atoms with Gasteiger partial charge in [-0.25, -0.2) is 4.39 Å². The molecule has 1 fully saturated rings. The molecule has 1 aliphatic rings. The first-order chi connectivity index (χ1) is 11.7. The number of carbonyl (C=O) groups excluding carboxylic acids is 1. The summed E-state index contributed by atoms with van der Waals surface area (Å²) >= 11 is 0. The fourth-order valence-electron chi connectivity index (χ4n) is 2.97. The Labute approximate surface area is 139 Å². The SMILES string of the molecule is COC(=O)C1CCCC(c2nc(COc3ccc(F)cc3)no2)C1. The van der Waals surface area contributed by atoms with Crippen molar-refractivity contribution in [2.45, 2.75) is 38.2 Å². The summed E-state index contributed by atoms with van der Waals surface area (Å²) in [5, 5.41) is 3.91. The number of hydrogen-bond acceptors (Lipinski definition) is 6. The van der Waals surface area contributed by atoms with E-state index >= 15 is 0 Å². The highest BCUT2D eigenvalue weighted by atomic mass is 19.1. The van der Waals surface area contributed by atoms with Crippen LogP contribution in [0.2, 0.25) is 0 Å². The zero-order chi connectivity index (χ0) is 16.9. The van der Waals surface area contributed by atoms with Gasteiger partial charge in [0.25, 0.3) is 0 Å². The van der Waals surface area contributed by atoms with Crippen molar-refractivity contribution in [2.24, 2.45) is 5.92 Å². The number of rotatable bonds is 5. The first kappa shape index (κ1) is 16.4. The molecule has 24 heavy (non-hydrogen) atoms. The van der Waals surface area contributed by atoms with Crippen LogP contribution in [0.25, 0.3) is 0 Å². The molecule has 0 spiro atoms. The van der Waals surface area contributed by atoms with Gasteiger partial charge >= 0.3 is 5.97 Å². The predicted octanol–water partition coefficient (Wildman–Crippen LogP) is 3.23. The van der Waals surface area contributed by atoms with Gasteiger partial charge in [-0.3, -0.25) is 4.79 Å². The molecule has 0 bridgehead atoms. The van der Waals surface area contributed by atoms with Crippen molar-refractivity contribution in [3.8, 4) is 5.75 Å². The Morgan fingerprint density at radius 1 is 1.33 bits per heavy atom. The largest absolute Gasteiger partial charge is 0.485 e. The van der Waals surface area contributed by atoms with E-state index in [-0.39, 0.29) is 30.2 Å². The molecule has 0 amide bonds. The first-order valence-electron chi connectivity index (χ1n) is 7.94. The quantitative estimate of drug-likeness (QED) is 0.782. The van der Waals surface area contributed by atoms with Gasteiger partial charge in [-0.15, -0.1) is 0 Å². The summed E-state index contributed by atoms with van der Waals surface area (Å²) in [6.45, 7) is 0.141. The Balaban J connectivity index is 1.58. The summed E-state index contributed by atoms with van der Waals surface area (Å²) in [4.78, 5) is 16.1. The van der Waals surface area contributed by atoms with Gasteiger partial charge in [0.05, 0.1) is 13.0 Å². The number of aromatic nitrogens is 2. The van der Waals surface area contributed by atoms with E-state index in [0.717, 1.165) is 19.3 Å². The zero-order valence-corrected chi connectivity index (χ0v) is 13.4. The van der Waals surface area contributed by atoms with E-state index in [4.69, 9.17) is 14.0 Å². The zero-order valence-electron chi connectivity index (χ0n) is 13.4. The Bertz CT molecular complexity index is 686. The van der Waals surface area contributed by atoms with E-state index in [2.05, 4.69) is 10.1 Å². The van der Waals surface area contributed by atoms with Gasteiger partial charge in [-0.05, 0) is 43.5 Å². The molecule has 1 aromatic carbocycles. The maximum absolute atomic E-state index is 12.8. The van der Waals surface area contributed by atoms with Gasteiger partial charge in [0.15, 0.2) is 6.61 Å². The van der Waals surface area contributed by atoms with E-state index in [1.807, 2.05) is 0 Å². The van der Waals surface area contributed by atoms with Crippen LogP contribution < -0.4 is 4.74 Å². The number of nitrogens with zero attached hydrogens (tertiary/aromatic N) is 2. The molecule has 3 rings (SSSR count). The second-order valence-electron chi connectivity index (χ2n) is 5.88. The number of benzene rings is 1. The maximum atomic E-state index is 12.8. The molecule has 6 nitrogen and oxygen atoms in total. The van der Waals surface area contributed by atoms with Crippen LogP contribution in [0.15, 0.2) is 28.8 Å². The summed E-state index contributed by atoms with van der Waals surface area (Å²) in [5.41, 5.74) is 0. The average molecular weight is 334 g/mol. The van der Waals surface area contributed by atoms with Gasteiger partial charge < -0.3 is 14.0 Å². The van der Waals surface area contributed by atoms with E-state index in [1.54, 1.807) is 12.1 Å². The molecular formula is C17H19FN2O4. The first-order valence-corrected chi connectivity index (χ1v) is 7.94. The van der Waals surface area contributed by atoms with Gasteiger partial charge in [-0.1, -0.05) is 11.6 Å². The number of esters is 1. The van der Waals surface area contributed by atoms with Crippen LogP contribution in [-0.2, 0) is 16.1 Å². The second kappa shape index (κ2) is 7.42. The second-order valence-corrected chi connectivity index (χ2v) is 5.88. The van der Waals surface area contributed by atoms with Gasteiger partial charge in [-0.2, -0.15) is 4.98 Å². The van der Waals surface area contributed by atoms with Crippen LogP contribution in [0.4, 0.5) is 4.39 Å². The summed E-state index contributed by atoms with van der Waals surface area (Å²) in [7, 11) is 1.41. The molecule has 0 aliphatic heterocycles.